The molecule has 1 heteroatoms. The van der Waals surface area contributed by atoms with Crippen molar-refractivity contribution in [1.29, 1.82) is 0 Å². The predicted molar refractivity (Wildman–Crippen MR) is 77.0 cm³/mol. The maximum atomic E-state index is 4.08. The molecule has 0 atom stereocenters. The highest BCUT2D eigenvalue weighted by molar-refractivity contribution is 5.10. The van der Waals surface area contributed by atoms with Gasteiger partial charge in [0.2, 0.25) is 0 Å². The Hall–Kier alpha value is -0.850. The SMILES string of the molecule is CC.CC.CCCC.Cc1ccc(C)nc1. The van der Waals surface area contributed by atoms with Crippen molar-refractivity contribution in [3.8, 4) is 0 Å². The van der Waals surface area contributed by atoms with Gasteiger partial charge >= 0.3 is 0 Å². The summed E-state index contributed by atoms with van der Waals surface area (Å²) in [5.41, 5.74) is 2.30. The second kappa shape index (κ2) is 19.7. The van der Waals surface area contributed by atoms with Crippen molar-refractivity contribution in [2.75, 3.05) is 0 Å². The van der Waals surface area contributed by atoms with Crippen molar-refractivity contribution in [3.63, 3.8) is 0 Å². The summed E-state index contributed by atoms with van der Waals surface area (Å²) in [6.07, 6.45) is 4.51. The van der Waals surface area contributed by atoms with Gasteiger partial charge in [-0.15, -0.1) is 0 Å². The number of aryl methyl sites for hydroxylation is 2. The lowest BCUT2D eigenvalue weighted by molar-refractivity contribution is 0.886. The average molecular weight is 225 g/mol. The van der Waals surface area contributed by atoms with E-state index in [0.29, 0.717) is 0 Å². The van der Waals surface area contributed by atoms with Gasteiger partial charge in [0.15, 0.2) is 0 Å². The molecule has 1 aromatic rings. The van der Waals surface area contributed by atoms with E-state index < -0.39 is 0 Å². The van der Waals surface area contributed by atoms with Gasteiger partial charge in [-0.25, -0.2) is 0 Å². The number of unbranched alkanes of at least 4 members (excludes halogenated alkanes) is 1. The summed E-state index contributed by atoms with van der Waals surface area (Å²) in [5.74, 6) is 0. The molecule has 1 heterocycles. The van der Waals surface area contributed by atoms with Gasteiger partial charge in [0, 0.05) is 11.9 Å². The second-order valence-electron chi connectivity index (χ2n) is 2.98. The fraction of sp³-hybridized carbons (Fsp3) is 0.667. The third-order valence-corrected chi connectivity index (χ3v) is 1.56. The molecule has 1 aromatic heterocycles. The molecule has 0 radical (unpaired) electrons. The van der Waals surface area contributed by atoms with Gasteiger partial charge in [-0.2, -0.15) is 0 Å². The lowest BCUT2D eigenvalue weighted by atomic mass is 10.3. The van der Waals surface area contributed by atoms with Gasteiger partial charge in [0.1, 0.15) is 0 Å². The molecule has 0 fully saturated rings. The molecule has 0 saturated carbocycles. The number of hydrogen-bond acceptors (Lipinski definition) is 1. The van der Waals surface area contributed by atoms with Crippen molar-refractivity contribution in [2.24, 2.45) is 0 Å². The minimum atomic E-state index is 1.08. The van der Waals surface area contributed by atoms with Crippen LogP contribution < -0.4 is 0 Å². The smallest absolute Gasteiger partial charge is 0.0372 e. The molecule has 0 unspecified atom stereocenters. The summed E-state index contributed by atoms with van der Waals surface area (Å²) in [5, 5.41) is 0. The Balaban J connectivity index is -0.000000181. The molecule has 96 valence electrons. The Kier molecular flexibility index (Phi) is 25.3. The number of aromatic nitrogens is 1. The molecule has 0 aromatic carbocycles. The van der Waals surface area contributed by atoms with Crippen LogP contribution in [0.5, 0.6) is 0 Å². The third kappa shape index (κ3) is 18.8. The summed E-state index contributed by atoms with van der Waals surface area (Å²) < 4.78 is 0. The van der Waals surface area contributed by atoms with Crippen LogP contribution >= 0.6 is 0 Å². The standard InChI is InChI=1S/C7H9N.C4H10.2C2H6/c1-6-3-4-7(2)8-5-6;1-3-4-2;2*1-2/h3-5H,1-2H3;3-4H2,1-2H3;2*1-2H3. The first kappa shape index (κ1) is 20.5. The van der Waals surface area contributed by atoms with Crippen LogP contribution in [0.15, 0.2) is 18.3 Å². The molecular formula is C15H31N. The van der Waals surface area contributed by atoms with E-state index >= 15 is 0 Å². The lowest BCUT2D eigenvalue weighted by Gasteiger charge is -1.89. The van der Waals surface area contributed by atoms with Crippen molar-refractivity contribution in [3.05, 3.63) is 29.6 Å². The molecule has 0 bridgehead atoms. The monoisotopic (exact) mass is 225 g/mol. The quantitative estimate of drug-likeness (QED) is 0.610. The summed E-state index contributed by atoms with van der Waals surface area (Å²) >= 11 is 0. The topological polar surface area (TPSA) is 12.9 Å². The highest BCUT2D eigenvalue weighted by atomic mass is 14.6. The zero-order chi connectivity index (χ0) is 13.4. The molecule has 0 aliphatic carbocycles. The molecule has 0 saturated heterocycles. The normalized spacial score (nSPS) is 7.25. The molecular weight excluding hydrogens is 194 g/mol. The molecule has 1 rings (SSSR count). The Bertz CT molecular complexity index is 166. The predicted octanol–water partition coefficient (Wildman–Crippen LogP) is 5.56. The van der Waals surface area contributed by atoms with Gasteiger partial charge in [0.25, 0.3) is 0 Å². The zero-order valence-electron chi connectivity index (χ0n) is 12.6. The summed E-state index contributed by atoms with van der Waals surface area (Å²) in [4.78, 5) is 4.08. The first-order valence-electron chi connectivity index (χ1n) is 6.60. The molecule has 0 spiro atoms. The van der Waals surface area contributed by atoms with Crippen LogP contribution in [0.2, 0.25) is 0 Å². The maximum absolute atomic E-state index is 4.08. The minimum absolute atomic E-state index is 1.08. The Labute approximate surface area is 103 Å². The fourth-order valence-electron chi connectivity index (χ4n) is 0.542. The number of hydrogen-bond donors (Lipinski definition) is 0. The van der Waals surface area contributed by atoms with E-state index in [1.54, 1.807) is 0 Å². The van der Waals surface area contributed by atoms with Gasteiger partial charge < -0.3 is 0 Å². The highest BCUT2D eigenvalue weighted by Crippen LogP contribution is 1.94. The summed E-state index contributed by atoms with van der Waals surface area (Å²) in [7, 11) is 0. The van der Waals surface area contributed by atoms with Crippen LogP contribution in [-0.4, -0.2) is 4.98 Å². The van der Waals surface area contributed by atoms with Crippen LogP contribution in [0.25, 0.3) is 0 Å². The fourth-order valence-corrected chi connectivity index (χ4v) is 0.542. The van der Waals surface area contributed by atoms with Crippen molar-refractivity contribution in [2.45, 2.75) is 68.2 Å². The van der Waals surface area contributed by atoms with Crippen LogP contribution in [0.1, 0.15) is 65.6 Å². The maximum Gasteiger partial charge on any atom is 0.0372 e. The van der Waals surface area contributed by atoms with Crippen molar-refractivity contribution < 1.29 is 0 Å². The van der Waals surface area contributed by atoms with E-state index in [-0.39, 0.29) is 0 Å². The lowest BCUT2D eigenvalue weighted by Crippen LogP contribution is -1.78. The molecule has 0 aliphatic heterocycles. The van der Waals surface area contributed by atoms with Crippen LogP contribution in [-0.2, 0) is 0 Å². The van der Waals surface area contributed by atoms with E-state index in [9.17, 15) is 0 Å². The van der Waals surface area contributed by atoms with E-state index in [1.807, 2.05) is 53.8 Å². The molecule has 0 amide bonds. The van der Waals surface area contributed by atoms with E-state index in [2.05, 4.69) is 24.9 Å². The number of nitrogens with zero attached hydrogens (tertiary/aromatic N) is 1. The zero-order valence-corrected chi connectivity index (χ0v) is 12.6. The Morgan fingerprint density at radius 2 is 1.31 bits per heavy atom. The van der Waals surface area contributed by atoms with Crippen molar-refractivity contribution >= 4 is 0 Å². The van der Waals surface area contributed by atoms with Crippen LogP contribution in [0.4, 0.5) is 0 Å². The van der Waals surface area contributed by atoms with E-state index in [0.717, 1.165) is 5.69 Å². The van der Waals surface area contributed by atoms with E-state index in [4.69, 9.17) is 0 Å². The highest BCUT2D eigenvalue weighted by Gasteiger charge is 1.81. The molecule has 16 heavy (non-hydrogen) atoms. The Morgan fingerprint density at radius 3 is 1.50 bits per heavy atom. The Morgan fingerprint density at radius 1 is 0.875 bits per heavy atom. The second-order valence-corrected chi connectivity index (χ2v) is 2.98. The van der Waals surface area contributed by atoms with Gasteiger partial charge in [0.05, 0.1) is 0 Å². The van der Waals surface area contributed by atoms with Gasteiger partial charge in [-0.1, -0.05) is 60.5 Å². The molecule has 0 N–H and O–H groups in total. The average Bonchev–Trinajstić information content (AvgIpc) is 2.38. The van der Waals surface area contributed by atoms with Gasteiger partial charge in [-0.3, -0.25) is 4.98 Å². The van der Waals surface area contributed by atoms with E-state index in [1.165, 1.54) is 18.4 Å². The molecule has 1 nitrogen and oxygen atoms in total. The van der Waals surface area contributed by atoms with Gasteiger partial charge in [-0.05, 0) is 25.5 Å². The largest absolute Gasteiger partial charge is 0.261 e. The first-order chi connectivity index (χ1) is 7.70. The van der Waals surface area contributed by atoms with Crippen LogP contribution in [0, 0.1) is 13.8 Å². The minimum Gasteiger partial charge on any atom is -0.261 e. The van der Waals surface area contributed by atoms with Crippen molar-refractivity contribution in [1.82, 2.24) is 4.98 Å². The summed E-state index contributed by atoms with van der Waals surface area (Å²) in [6, 6.07) is 4.07. The first-order valence-corrected chi connectivity index (χ1v) is 6.60. The summed E-state index contributed by atoms with van der Waals surface area (Å²) in [6.45, 7) is 16.4. The number of pyridine rings is 1. The number of rotatable bonds is 1. The third-order valence-electron chi connectivity index (χ3n) is 1.56. The molecule has 0 aliphatic rings. The van der Waals surface area contributed by atoms with Crippen LogP contribution in [0.3, 0.4) is 0 Å².